The number of methoxy groups -OCH3 is 1. The van der Waals surface area contributed by atoms with E-state index in [0.717, 1.165) is 44.3 Å². The zero-order chi connectivity index (χ0) is 19.8. The van der Waals surface area contributed by atoms with Crippen molar-refractivity contribution in [2.75, 3.05) is 26.9 Å². The molecule has 0 amide bonds. The van der Waals surface area contributed by atoms with Gasteiger partial charge in [-0.1, -0.05) is 20.8 Å². The fourth-order valence-electron chi connectivity index (χ4n) is 9.01. The maximum Gasteiger partial charge on any atom is 0.171 e. The van der Waals surface area contributed by atoms with E-state index in [1.165, 1.54) is 32.1 Å². The minimum absolute atomic E-state index is 0.0204. The van der Waals surface area contributed by atoms with Gasteiger partial charge in [-0.15, -0.1) is 0 Å². The smallest absolute Gasteiger partial charge is 0.171 e. The van der Waals surface area contributed by atoms with Crippen molar-refractivity contribution < 1.29 is 19.3 Å². The first kappa shape index (κ1) is 19.8. The summed E-state index contributed by atoms with van der Waals surface area (Å²) in [5, 5.41) is 11.5. The van der Waals surface area contributed by atoms with Crippen molar-refractivity contribution in [3.8, 4) is 0 Å². The molecule has 1 saturated heterocycles. The zero-order valence-electron chi connectivity index (χ0n) is 18.3. The second kappa shape index (κ2) is 6.42. The molecule has 5 rings (SSSR count). The molecular weight excluding hydrogens is 352 g/mol. The standard InChI is InChI=1S/C24H40O4/c1-16-13-21(2)17(14-24(16)27-11-12-28-24)5-6-18-19(21)7-9-22(3)20(18)8-10-23(22,25)15-26-4/h16-20,25H,5-15H2,1-4H3/t16-,17+,18?,19?,20?,21+,22+,23-/m1/s1. The molecular formula is C24H40O4. The third-order valence-electron chi connectivity index (χ3n) is 10.6. The predicted octanol–water partition coefficient (Wildman–Crippen LogP) is 4.40. The first-order valence-electron chi connectivity index (χ1n) is 11.8. The Hall–Kier alpha value is -0.160. The van der Waals surface area contributed by atoms with Crippen molar-refractivity contribution in [3.63, 3.8) is 0 Å². The molecule has 1 heterocycles. The van der Waals surface area contributed by atoms with Gasteiger partial charge in [0.2, 0.25) is 0 Å². The van der Waals surface area contributed by atoms with Gasteiger partial charge >= 0.3 is 0 Å². The first-order valence-corrected chi connectivity index (χ1v) is 11.8. The summed E-state index contributed by atoms with van der Waals surface area (Å²) in [4.78, 5) is 0. The van der Waals surface area contributed by atoms with E-state index < -0.39 is 5.60 Å². The summed E-state index contributed by atoms with van der Waals surface area (Å²) in [7, 11) is 1.74. The fraction of sp³-hybridized carbons (Fsp3) is 1.00. The van der Waals surface area contributed by atoms with Gasteiger partial charge in [-0.2, -0.15) is 0 Å². The second-order valence-electron chi connectivity index (χ2n) is 11.4. The molecule has 4 heteroatoms. The van der Waals surface area contributed by atoms with Crippen molar-refractivity contribution in [2.24, 2.45) is 40.4 Å². The molecule has 160 valence electrons. The third kappa shape index (κ3) is 2.44. The fourth-order valence-corrected chi connectivity index (χ4v) is 9.01. The second-order valence-corrected chi connectivity index (χ2v) is 11.4. The Morgan fingerprint density at radius 3 is 2.39 bits per heavy atom. The normalized spacial score (nSPS) is 55.0. The van der Waals surface area contributed by atoms with Crippen molar-refractivity contribution in [1.82, 2.24) is 0 Å². The lowest BCUT2D eigenvalue weighted by Crippen LogP contribution is -2.60. The maximum absolute atomic E-state index is 11.5. The van der Waals surface area contributed by atoms with Crippen molar-refractivity contribution in [3.05, 3.63) is 0 Å². The summed E-state index contributed by atoms with van der Waals surface area (Å²) in [6.07, 6.45) is 9.42. The molecule has 3 unspecified atom stereocenters. The molecule has 4 saturated carbocycles. The molecule has 1 spiro atoms. The van der Waals surface area contributed by atoms with Gasteiger partial charge in [0, 0.05) is 24.9 Å². The molecule has 0 aromatic carbocycles. The molecule has 28 heavy (non-hydrogen) atoms. The first-order chi connectivity index (χ1) is 13.3. The van der Waals surface area contributed by atoms with Gasteiger partial charge in [-0.25, -0.2) is 0 Å². The van der Waals surface area contributed by atoms with Gasteiger partial charge < -0.3 is 19.3 Å². The average molecular weight is 393 g/mol. The summed E-state index contributed by atoms with van der Waals surface area (Å²) in [6.45, 7) is 9.33. The van der Waals surface area contributed by atoms with E-state index in [4.69, 9.17) is 14.2 Å². The minimum atomic E-state index is -0.634. The van der Waals surface area contributed by atoms with Crippen LogP contribution in [0, 0.1) is 40.4 Å². The molecule has 0 aromatic heterocycles. The Morgan fingerprint density at radius 2 is 1.68 bits per heavy atom. The van der Waals surface area contributed by atoms with Gasteiger partial charge in [-0.05, 0) is 74.0 Å². The Kier molecular flexibility index (Phi) is 4.53. The van der Waals surface area contributed by atoms with Crippen LogP contribution in [-0.4, -0.2) is 43.4 Å². The summed E-state index contributed by atoms with van der Waals surface area (Å²) in [6, 6.07) is 0. The molecule has 4 nitrogen and oxygen atoms in total. The summed E-state index contributed by atoms with van der Waals surface area (Å²) in [5.74, 6) is 3.08. The SMILES string of the molecule is COC[C@]1(O)CCC2C3CC[C@H]4CC5(OCCO5)[C@H](C)C[C@]4(C)C3CC[C@@]21C. The highest BCUT2D eigenvalue weighted by molar-refractivity contribution is 5.15. The molecule has 5 fully saturated rings. The Bertz CT molecular complexity index is 616. The zero-order valence-corrected chi connectivity index (χ0v) is 18.3. The van der Waals surface area contributed by atoms with Gasteiger partial charge in [0.1, 0.15) is 0 Å². The van der Waals surface area contributed by atoms with Crippen LogP contribution in [-0.2, 0) is 14.2 Å². The van der Waals surface area contributed by atoms with Crippen LogP contribution in [0.25, 0.3) is 0 Å². The molecule has 4 aliphatic carbocycles. The minimum Gasteiger partial charge on any atom is -0.387 e. The lowest BCUT2D eigenvalue weighted by Gasteiger charge is -2.63. The Morgan fingerprint density at radius 1 is 0.964 bits per heavy atom. The van der Waals surface area contributed by atoms with Crippen LogP contribution in [0.3, 0.4) is 0 Å². The van der Waals surface area contributed by atoms with Crippen molar-refractivity contribution >= 4 is 0 Å². The van der Waals surface area contributed by atoms with Crippen LogP contribution >= 0.6 is 0 Å². The van der Waals surface area contributed by atoms with Crippen LogP contribution in [0.5, 0.6) is 0 Å². The topological polar surface area (TPSA) is 47.9 Å². The van der Waals surface area contributed by atoms with E-state index in [1.54, 1.807) is 7.11 Å². The van der Waals surface area contributed by atoms with Crippen molar-refractivity contribution in [1.29, 1.82) is 0 Å². The lowest BCUT2D eigenvalue weighted by atomic mass is 9.43. The summed E-state index contributed by atoms with van der Waals surface area (Å²) >= 11 is 0. The quantitative estimate of drug-likeness (QED) is 0.757. The van der Waals surface area contributed by atoms with Gasteiger partial charge in [0.25, 0.3) is 0 Å². The van der Waals surface area contributed by atoms with E-state index in [9.17, 15) is 5.11 Å². The number of ether oxygens (including phenoxy) is 3. The highest BCUT2D eigenvalue weighted by Crippen LogP contribution is 2.69. The summed E-state index contributed by atoms with van der Waals surface area (Å²) in [5.41, 5.74) is -0.219. The van der Waals surface area contributed by atoms with E-state index >= 15 is 0 Å². The number of hydrogen-bond donors (Lipinski definition) is 1. The number of hydrogen-bond acceptors (Lipinski definition) is 4. The molecule has 0 aromatic rings. The highest BCUT2D eigenvalue weighted by Gasteiger charge is 2.66. The van der Waals surface area contributed by atoms with E-state index in [1.807, 2.05) is 0 Å². The molecule has 0 bridgehead atoms. The molecule has 5 aliphatic rings. The largest absolute Gasteiger partial charge is 0.387 e. The van der Waals surface area contributed by atoms with Crippen molar-refractivity contribution in [2.45, 2.75) is 83.5 Å². The maximum atomic E-state index is 11.5. The van der Waals surface area contributed by atoms with Crippen LogP contribution in [0.15, 0.2) is 0 Å². The monoisotopic (exact) mass is 392 g/mol. The Labute approximate surface area is 170 Å². The van der Waals surface area contributed by atoms with E-state index in [0.29, 0.717) is 29.8 Å². The van der Waals surface area contributed by atoms with Crippen LogP contribution in [0.2, 0.25) is 0 Å². The average Bonchev–Trinajstić information content (AvgIpc) is 3.21. The van der Waals surface area contributed by atoms with Gasteiger partial charge in [0.15, 0.2) is 5.79 Å². The third-order valence-corrected chi connectivity index (χ3v) is 10.6. The molecule has 1 N–H and O–H groups in total. The Balaban J connectivity index is 1.42. The molecule has 1 aliphatic heterocycles. The van der Waals surface area contributed by atoms with Gasteiger partial charge in [-0.3, -0.25) is 0 Å². The molecule has 0 radical (unpaired) electrons. The molecule has 8 atom stereocenters. The summed E-state index contributed by atoms with van der Waals surface area (Å²) < 4.78 is 17.9. The van der Waals surface area contributed by atoms with Gasteiger partial charge in [0.05, 0.1) is 25.4 Å². The van der Waals surface area contributed by atoms with E-state index in [2.05, 4.69) is 20.8 Å². The highest BCUT2D eigenvalue weighted by atomic mass is 16.7. The predicted molar refractivity (Wildman–Crippen MR) is 108 cm³/mol. The van der Waals surface area contributed by atoms with Crippen LogP contribution in [0.1, 0.15) is 72.1 Å². The lowest BCUT2D eigenvalue weighted by molar-refractivity contribution is -0.260. The van der Waals surface area contributed by atoms with Crippen LogP contribution < -0.4 is 0 Å². The van der Waals surface area contributed by atoms with Crippen LogP contribution in [0.4, 0.5) is 0 Å². The number of aliphatic hydroxyl groups is 1. The number of rotatable bonds is 2. The van der Waals surface area contributed by atoms with E-state index in [-0.39, 0.29) is 11.2 Å². The number of fused-ring (bicyclic) bond motifs is 5.